The summed E-state index contributed by atoms with van der Waals surface area (Å²) in [6.07, 6.45) is 3.31. The van der Waals surface area contributed by atoms with Crippen molar-refractivity contribution in [2.24, 2.45) is 11.3 Å². The van der Waals surface area contributed by atoms with Crippen LogP contribution in [0, 0.1) is 17.2 Å². The number of hydrogen-bond acceptors (Lipinski definition) is 4. The predicted octanol–water partition coefficient (Wildman–Crippen LogP) is 3.88. The molecule has 138 valence electrons. The van der Waals surface area contributed by atoms with E-state index in [-0.39, 0.29) is 11.0 Å². The summed E-state index contributed by atoms with van der Waals surface area (Å²) >= 11 is 1.78. The Kier molecular flexibility index (Phi) is 4.11. The average molecular weight is 375 g/mol. The Balaban J connectivity index is 1.71. The third-order valence-corrected chi connectivity index (χ3v) is 6.65. The van der Waals surface area contributed by atoms with E-state index in [2.05, 4.69) is 42.1 Å². The highest BCUT2D eigenvalue weighted by Gasteiger charge is 2.43. The number of piperidine rings is 1. The van der Waals surface area contributed by atoms with E-state index in [9.17, 15) is 14.3 Å². The highest BCUT2D eigenvalue weighted by atomic mass is 32.2. The first-order valence-electron chi connectivity index (χ1n) is 8.79. The van der Waals surface area contributed by atoms with Gasteiger partial charge in [-0.2, -0.15) is 0 Å². The Morgan fingerprint density at radius 1 is 1.38 bits per heavy atom. The largest absolute Gasteiger partial charge is 0.478 e. The fourth-order valence-corrected chi connectivity index (χ4v) is 5.73. The molecule has 5 nitrogen and oxygen atoms in total. The number of benzene rings is 1. The summed E-state index contributed by atoms with van der Waals surface area (Å²) in [5, 5.41) is 13.4. The molecule has 1 fully saturated rings. The summed E-state index contributed by atoms with van der Waals surface area (Å²) in [4.78, 5) is 20.0. The first kappa shape index (κ1) is 17.5. The summed E-state index contributed by atoms with van der Waals surface area (Å²) in [6.45, 7) is 7.72. The molecule has 0 aliphatic carbocycles. The van der Waals surface area contributed by atoms with Crippen LogP contribution < -0.4 is 5.32 Å². The van der Waals surface area contributed by atoms with Crippen LogP contribution in [-0.4, -0.2) is 38.9 Å². The number of rotatable bonds is 2. The third kappa shape index (κ3) is 2.93. The minimum atomic E-state index is -1.17. The molecular weight excluding hydrogens is 353 g/mol. The van der Waals surface area contributed by atoms with E-state index in [1.54, 1.807) is 11.8 Å². The molecule has 2 aromatic rings. The van der Waals surface area contributed by atoms with Gasteiger partial charge in [-0.05, 0) is 36.4 Å². The summed E-state index contributed by atoms with van der Waals surface area (Å²) in [7, 11) is 0. The molecule has 0 radical (unpaired) electrons. The van der Waals surface area contributed by atoms with E-state index in [1.807, 2.05) is 0 Å². The number of carboxylic acid groups (broad SMARTS) is 1. The third-order valence-electron chi connectivity index (χ3n) is 5.17. The number of aromatic amines is 1. The SMILES string of the molecule is CC(C)(C)[C@@H]1NCCC2C=C(c3nc4c(C(=O)O)cc(F)cc4[nH]3)SC21. The van der Waals surface area contributed by atoms with Gasteiger partial charge in [0.1, 0.15) is 17.2 Å². The molecule has 3 atom stereocenters. The molecule has 26 heavy (non-hydrogen) atoms. The van der Waals surface area contributed by atoms with Gasteiger partial charge >= 0.3 is 5.97 Å². The molecule has 1 aromatic carbocycles. The Bertz CT molecular complexity index is 915. The van der Waals surface area contributed by atoms with Crippen molar-refractivity contribution >= 4 is 33.7 Å². The number of thioether (sulfide) groups is 1. The maximum Gasteiger partial charge on any atom is 0.338 e. The van der Waals surface area contributed by atoms with E-state index in [1.165, 1.54) is 6.07 Å². The average Bonchev–Trinajstić information content (AvgIpc) is 3.15. The molecule has 3 N–H and O–H groups in total. The number of allylic oxidation sites excluding steroid dienone is 1. The second-order valence-electron chi connectivity index (χ2n) is 8.10. The molecule has 2 aliphatic rings. The van der Waals surface area contributed by atoms with Gasteiger partial charge in [0.05, 0.1) is 11.1 Å². The minimum absolute atomic E-state index is 0.113. The van der Waals surface area contributed by atoms with Crippen molar-refractivity contribution in [1.29, 1.82) is 0 Å². The van der Waals surface area contributed by atoms with Crippen LogP contribution >= 0.6 is 11.8 Å². The maximum atomic E-state index is 13.7. The van der Waals surface area contributed by atoms with Crippen molar-refractivity contribution in [3.05, 3.63) is 35.4 Å². The van der Waals surface area contributed by atoms with Crippen LogP contribution in [0.3, 0.4) is 0 Å². The van der Waals surface area contributed by atoms with Crippen molar-refractivity contribution < 1.29 is 14.3 Å². The number of imidazole rings is 1. The zero-order valence-corrected chi connectivity index (χ0v) is 15.8. The van der Waals surface area contributed by atoms with Crippen molar-refractivity contribution in [2.45, 2.75) is 38.5 Å². The van der Waals surface area contributed by atoms with E-state index in [4.69, 9.17) is 0 Å². The van der Waals surface area contributed by atoms with Crippen molar-refractivity contribution in [2.75, 3.05) is 6.54 Å². The van der Waals surface area contributed by atoms with Gasteiger partial charge in [-0.1, -0.05) is 26.8 Å². The number of H-pyrrole nitrogens is 1. The van der Waals surface area contributed by atoms with Gasteiger partial charge in [0.25, 0.3) is 0 Å². The smallest absolute Gasteiger partial charge is 0.338 e. The van der Waals surface area contributed by atoms with E-state index >= 15 is 0 Å². The molecule has 1 aromatic heterocycles. The number of carbonyl (C=O) groups is 1. The second kappa shape index (κ2) is 6.09. The van der Waals surface area contributed by atoms with Crippen LogP contribution in [0.4, 0.5) is 4.39 Å². The lowest BCUT2D eigenvalue weighted by atomic mass is 9.78. The van der Waals surface area contributed by atoms with Crippen LogP contribution in [0.25, 0.3) is 15.9 Å². The minimum Gasteiger partial charge on any atom is -0.478 e. The molecule has 0 amide bonds. The standard InChI is InChI=1S/C19H22FN3O2S/c1-19(2,3)16-15-9(4-5-21-16)6-13(26-15)17-22-12-8-10(20)7-11(18(24)25)14(12)23-17/h6-9,15-16,21H,4-5H2,1-3H3,(H,22,23)(H,24,25)/t9?,15?,16-/m1/s1. The topological polar surface area (TPSA) is 78.0 Å². The number of hydrogen-bond donors (Lipinski definition) is 3. The number of nitrogens with zero attached hydrogens (tertiary/aromatic N) is 1. The molecule has 1 saturated heterocycles. The van der Waals surface area contributed by atoms with Crippen LogP contribution in [0.1, 0.15) is 43.4 Å². The highest BCUT2D eigenvalue weighted by molar-refractivity contribution is 8.09. The van der Waals surface area contributed by atoms with Crippen LogP contribution in [-0.2, 0) is 0 Å². The summed E-state index contributed by atoms with van der Waals surface area (Å²) < 4.78 is 13.7. The van der Waals surface area contributed by atoms with Gasteiger partial charge in [0.15, 0.2) is 0 Å². The van der Waals surface area contributed by atoms with Gasteiger partial charge < -0.3 is 15.4 Å². The van der Waals surface area contributed by atoms with Gasteiger partial charge in [0.2, 0.25) is 0 Å². The van der Waals surface area contributed by atoms with Crippen molar-refractivity contribution in [3.8, 4) is 0 Å². The quantitative estimate of drug-likeness (QED) is 0.742. The summed E-state index contributed by atoms with van der Waals surface area (Å²) in [5.74, 6) is -0.667. The number of carboxylic acids is 1. The molecule has 3 heterocycles. The number of aromatic nitrogens is 2. The zero-order valence-electron chi connectivity index (χ0n) is 15.0. The summed E-state index contributed by atoms with van der Waals surface area (Å²) in [5.41, 5.74) is 0.750. The van der Waals surface area contributed by atoms with Crippen LogP contribution in [0.15, 0.2) is 18.2 Å². The maximum absolute atomic E-state index is 13.7. The van der Waals surface area contributed by atoms with Gasteiger partial charge in [-0.15, -0.1) is 11.8 Å². The summed E-state index contributed by atoms with van der Waals surface area (Å²) in [6, 6.07) is 2.70. The Hall–Kier alpha value is -1.86. The molecular formula is C19H22FN3O2S. The molecule has 0 spiro atoms. The van der Waals surface area contributed by atoms with E-state index in [0.717, 1.165) is 23.9 Å². The monoisotopic (exact) mass is 375 g/mol. The van der Waals surface area contributed by atoms with E-state index < -0.39 is 11.8 Å². The fourth-order valence-electron chi connectivity index (χ4n) is 3.94. The molecule has 0 bridgehead atoms. The molecule has 7 heteroatoms. The number of aromatic carboxylic acids is 1. The zero-order chi connectivity index (χ0) is 18.6. The molecule has 2 unspecified atom stereocenters. The lowest BCUT2D eigenvalue weighted by Gasteiger charge is -2.42. The Morgan fingerprint density at radius 2 is 2.15 bits per heavy atom. The van der Waals surface area contributed by atoms with Gasteiger partial charge in [-0.25, -0.2) is 14.2 Å². The normalized spacial score (nSPS) is 26.0. The molecule has 4 rings (SSSR count). The van der Waals surface area contributed by atoms with Crippen molar-refractivity contribution in [1.82, 2.24) is 15.3 Å². The van der Waals surface area contributed by atoms with Gasteiger partial charge in [0, 0.05) is 16.2 Å². The van der Waals surface area contributed by atoms with Crippen LogP contribution in [0.5, 0.6) is 0 Å². The highest BCUT2D eigenvalue weighted by Crippen LogP contribution is 2.48. The lowest BCUT2D eigenvalue weighted by Crippen LogP contribution is -2.53. The molecule has 2 aliphatic heterocycles. The molecule has 0 saturated carbocycles. The predicted molar refractivity (Wildman–Crippen MR) is 102 cm³/mol. The van der Waals surface area contributed by atoms with E-state index in [0.29, 0.717) is 34.1 Å². The van der Waals surface area contributed by atoms with Crippen molar-refractivity contribution in [3.63, 3.8) is 0 Å². The second-order valence-corrected chi connectivity index (χ2v) is 9.32. The Labute approximate surface area is 155 Å². The lowest BCUT2D eigenvalue weighted by molar-refractivity contribution is 0.0698. The number of fused-ring (bicyclic) bond motifs is 2. The first-order chi connectivity index (χ1) is 12.2. The van der Waals surface area contributed by atoms with Gasteiger partial charge in [-0.3, -0.25) is 0 Å². The fraction of sp³-hybridized carbons (Fsp3) is 0.474. The first-order valence-corrected chi connectivity index (χ1v) is 9.67. The Morgan fingerprint density at radius 3 is 2.85 bits per heavy atom. The number of halogens is 1. The van der Waals surface area contributed by atoms with Crippen LogP contribution in [0.2, 0.25) is 0 Å². The number of nitrogens with one attached hydrogen (secondary N) is 2.